The maximum absolute atomic E-state index is 12.4. The number of hydrogen-bond acceptors (Lipinski definition) is 4. The Labute approximate surface area is 131 Å². The number of esters is 1. The molecule has 0 bridgehead atoms. The van der Waals surface area contributed by atoms with Gasteiger partial charge in [-0.2, -0.15) is 4.73 Å². The maximum Gasteiger partial charge on any atom is 0.405 e. The van der Waals surface area contributed by atoms with E-state index in [2.05, 4.69) is 4.98 Å². The van der Waals surface area contributed by atoms with Crippen LogP contribution < -0.4 is 4.73 Å². The van der Waals surface area contributed by atoms with Gasteiger partial charge in [-0.05, 0) is 19.1 Å². The minimum Gasteiger partial charge on any atom is -0.618 e. The van der Waals surface area contributed by atoms with Crippen LogP contribution in [0.15, 0.2) is 48.7 Å². The first-order chi connectivity index (χ1) is 11.1. The molecular formula is C17H14N2O4. The molecule has 3 aromatic rings. The monoisotopic (exact) mass is 310 g/mol. The first-order valence-corrected chi connectivity index (χ1v) is 7.04. The van der Waals surface area contributed by atoms with E-state index in [9.17, 15) is 14.8 Å². The normalized spacial score (nSPS) is 10.7. The van der Waals surface area contributed by atoms with Gasteiger partial charge in [-0.25, -0.2) is 4.79 Å². The molecule has 116 valence electrons. The van der Waals surface area contributed by atoms with Crippen LogP contribution in [0.5, 0.6) is 0 Å². The number of para-hydroxylation sites is 1. The molecule has 6 nitrogen and oxygen atoms in total. The number of ketones is 1. The third-order valence-electron chi connectivity index (χ3n) is 3.54. The highest BCUT2D eigenvalue weighted by molar-refractivity contribution is 6.10. The summed E-state index contributed by atoms with van der Waals surface area (Å²) in [5.74, 6) is -1.15. The zero-order valence-corrected chi connectivity index (χ0v) is 12.4. The van der Waals surface area contributed by atoms with E-state index in [1.54, 1.807) is 13.0 Å². The Bertz CT molecular complexity index is 898. The fourth-order valence-corrected chi connectivity index (χ4v) is 2.50. The zero-order chi connectivity index (χ0) is 16.4. The number of H-pyrrole nitrogens is 1. The molecule has 1 N–H and O–H groups in total. The molecule has 0 aliphatic carbocycles. The Balaban J connectivity index is 1.78. The minimum atomic E-state index is -0.827. The van der Waals surface area contributed by atoms with Gasteiger partial charge in [0.15, 0.2) is 12.8 Å². The topological polar surface area (TPSA) is 86.1 Å². The summed E-state index contributed by atoms with van der Waals surface area (Å²) in [4.78, 5) is 27.4. The lowest BCUT2D eigenvalue weighted by atomic mass is 10.1. The average molecular weight is 310 g/mol. The number of nitrogens with one attached hydrogen (secondary N) is 1. The van der Waals surface area contributed by atoms with Gasteiger partial charge in [0, 0.05) is 34.3 Å². The molecule has 0 saturated heterocycles. The summed E-state index contributed by atoms with van der Waals surface area (Å²) < 4.78 is 5.38. The van der Waals surface area contributed by atoms with Gasteiger partial charge in [0.2, 0.25) is 5.78 Å². The summed E-state index contributed by atoms with van der Waals surface area (Å²) in [6.07, 6.45) is 1.20. The second kappa shape index (κ2) is 5.92. The number of benzene rings is 1. The standard InChI is InChI=1S/C17H14N2O4/c1-11-16(12-6-2-3-7-13(12)18-11)15(20)10-23-17(21)14-8-4-5-9-19(14)22/h2-9,18H,10H2,1H3. The summed E-state index contributed by atoms with van der Waals surface area (Å²) in [7, 11) is 0. The molecule has 2 heterocycles. The molecule has 0 unspecified atom stereocenters. The molecule has 0 aliphatic heterocycles. The van der Waals surface area contributed by atoms with Crippen LogP contribution in [0.1, 0.15) is 26.5 Å². The first kappa shape index (κ1) is 14.8. The third kappa shape index (κ3) is 2.78. The fourth-order valence-electron chi connectivity index (χ4n) is 2.50. The zero-order valence-electron chi connectivity index (χ0n) is 12.4. The summed E-state index contributed by atoms with van der Waals surface area (Å²) in [6.45, 7) is 1.37. The number of ether oxygens (including phenoxy) is 1. The van der Waals surface area contributed by atoms with Crippen LogP contribution in [0.2, 0.25) is 0 Å². The lowest BCUT2D eigenvalue weighted by molar-refractivity contribution is -0.608. The van der Waals surface area contributed by atoms with Gasteiger partial charge < -0.3 is 14.9 Å². The second-order valence-corrected chi connectivity index (χ2v) is 5.08. The lowest BCUT2D eigenvalue weighted by Crippen LogP contribution is -2.35. The fraction of sp³-hybridized carbons (Fsp3) is 0.118. The lowest BCUT2D eigenvalue weighted by Gasteiger charge is -2.05. The van der Waals surface area contributed by atoms with Crippen molar-refractivity contribution in [3.8, 4) is 0 Å². The number of aromatic nitrogens is 2. The molecule has 3 rings (SSSR count). The van der Waals surface area contributed by atoms with Crippen LogP contribution in [0.4, 0.5) is 0 Å². The van der Waals surface area contributed by atoms with Crippen LogP contribution in [-0.2, 0) is 4.74 Å². The Morgan fingerprint density at radius 2 is 1.91 bits per heavy atom. The number of fused-ring (bicyclic) bond motifs is 1. The molecule has 1 aromatic carbocycles. The summed E-state index contributed by atoms with van der Waals surface area (Å²) in [5.41, 5.74) is 1.90. The van der Waals surface area contributed by atoms with Gasteiger partial charge in [0.25, 0.3) is 0 Å². The van der Waals surface area contributed by atoms with Crippen LogP contribution >= 0.6 is 0 Å². The minimum absolute atomic E-state index is 0.157. The van der Waals surface area contributed by atoms with Crippen molar-refractivity contribution in [3.63, 3.8) is 0 Å². The van der Waals surface area contributed by atoms with Crippen LogP contribution in [0.3, 0.4) is 0 Å². The Hall–Kier alpha value is -3.15. The van der Waals surface area contributed by atoms with Crippen molar-refractivity contribution in [2.24, 2.45) is 0 Å². The number of carbonyl (C=O) groups excluding carboxylic acids is 2. The smallest absolute Gasteiger partial charge is 0.405 e. The molecule has 23 heavy (non-hydrogen) atoms. The Morgan fingerprint density at radius 3 is 2.70 bits per heavy atom. The van der Waals surface area contributed by atoms with E-state index in [1.165, 1.54) is 18.3 Å². The van der Waals surface area contributed by atoms with E-state index in [4.69, 9.17) is 4.74 Å². The van der Waals surface area contributed by atoms with Crippen LogP contribution in [0.25, 0.3) is 10.9 Å². The van der Waals surface area contributed by atoms with Gasteiger partial charge in [0.1, 0.15) is 0 Å². The molecular weight excluding hydrogens is 296 g/mol. The van der Waals surface area contributed by atoms with E-state index in [1.807, 2.05) is 24.3 Å². The van der Waals surface area contributed by atoms with E-state index in [-0.39, 0.29) is 11.5 Å². The van der Waals surface area contributed by atoms with E-state index in [0.717, 1.165) is 10.9 Å². The highest BCUT2D eigenvalue weighted by Gasteiger charge is 2.21. The molecule has 0 fully saturated rings. The number of nitrogens with zero attached hydrogens (tertiary/aromatic N) is 1. The SMILES string of the molecule is Cc1[nH]c2ccccc2c1C(=O)COC(=O)c1cccc[n+]1[O-]. The highest BCUT2D eigenvalue weighted by atomic mass is 16.5. The molecule has 0 radical (unpaired) electrons. The first-order valence-electron chi connectivity index (χ1n) is 7.04. The van der Waals surface area contributed by atoms with E-state index >= 15 is 0 Å². The summed E-state index contributed by atoms with van der Waals surface area (Å²) in [5, 5.41) is 12.3. The molecule has 0 aliphatic rings. The van der Waals surface area contributed by atoms with Gasteiger partial charge in [-0.3, -0.25) is 4.79 Å². The molecule has 6 heteroatoms. The molecule has 0 atom stereocenters. The largest absolute Gasteiger partial charge is 0.618 e. The number of aromatic amines is 1. The third-order valence-corrected chi connectivity index (χ3v) is 3.54. The van der Waals surface area contributed by atoms with Crippen molar-refractivity contribution in [3.05, 3.63) is 70.8 Å². The predicted octanol–water partition coefficient (Wildman–Crippen LogP) is 2.15. The van der Waals surface area contributed by atoms with Gasteiger partial charge in [-0.15, -0.1) is 0 Å². The van der Waals surface area contributed by atoms with Crippen molar-refractivity contribution >= 4 is 22.7 Å². The Kier molecular flexibility index (Phi) is 3.80. The van der Waals surface area contributed by atoms with Crippen molar-refractivity contribution in [2.75, 3.05) is 6.61 Å². The van der Waals surface area contributed by atoms with Crippen LogP contribution in [-0.4, -0.2) is 23.3 Å². The predicted molar refractivity (Wildman–Crippen MR) is 83.1 cm³/mol. The van der Waals surface area contributed by atoms with Gasteiger partial charge in [0.05, 0.1) is 0 Å². The molecule has 0 amide bonds. The quantitative estimate of drug-likeness (QED) is 0.346. The highest BCUT2D eigenvalue weighted by Crippen LogP contribution is 2.22. The molecule has 0 spiro atoms. The van der Waals surface area contributed by atoms with Crippen LogP contribution in [0, 0.1) is 12.1 Å². The number of carbonyl (C=O) groups is 2. The number of Topliss-reactive ketones (excluding diaryl/α,β-unsaturated/α-hetero) is 1. The number of aryl methyl sites for hydroxylation is 1. The number of hydrogen-bond donors (Lipinski definition) is 1. The van der Waals surface area contributed by atoms with Crippen molar-refractivity contribution in [1.29, 1.82) is 0 Å². The summed E-state index contributed by atoms with van der Waals surface area (Å²) in [6, 6.07) is 11.8. The average Bonchev–Trinajstić information content (AvgIpc) is 2.88. The van der Waals surface area contributed by atoms with Crippen molar-refractivity contribution < 1.29 is 19.1 Å². The van der Waals surface area contributed by atoms with E-state index in [0.29, 0.717) is 16.0 Å². The summed E-state index contributed by atoms with van der Waals surface area (Å²) >= 11 is 0. The molecule has 2 aromatic heterocycles. The Morgan fingerprint density at radius 1 is 1.17 bits per heavy atom. The number of rotatable bonds is 4. The number of pyridine rings is 1. The van der Waals surface area contributed by atoms with Gasteiger partial charge in [-0.1, -0.05) is 18.2 Å². The van der Waals surface area contributed by atoms with Crippen molar-refractivity contribution in [2.45, 2.75) is 6.92 Å². The second-order valence-electron chi connectivity index (χ2n) is 5.08. The maximum atomic E-state index is 12.4. The molecule has 0 saturated carbocycles. The van der Waals surface area contributed by atoms with Gasteiger partial charge >= 0.3 is 11.7 Å². The van der Waals surface area contributed by atoms with E-state index < -0.39 is 12.6 Å². The van der Waals surface area contributed by atoms with Crippen molar-refractivity contribution in [1.82, 2.24) is 4.98 Å².